The number of ether oxygens (including phenoxy) is 1. The molecule has 3 aromatic rings. The Kier molecular flexibility index (Phi) is 6.97. The second kappa shape index (κ2) is 9.92. The molecule has 11 heteroatoms. The molecule has 4 rings (SSSR count). The van der Waals surface area contributed by atoms with Gasteiger partial charge in [0.05, 0.1) is 42.4 Å². The highest BCUT2D eigenvalue weighted by Crippen LogP contribution is 2.32. The molecule has 2 amide bonds. The SMILES string of the molecule is COc1cccc([C@@H](C)NC(=O)[C@@H](CO)N2Cc3ccc(-c4nc(Cl)ncc4Cl)cc3C2=O)n1. The summed E-state index contributed by atoms with van der Waals surface area (Å²) in [5.41, 5.74) is 2.69. The number of aliphatic hydroxyl groups excluding tert-OH is 1. The van der Waals surface area contributed by atoms with E-state index < -0.39 is 24.6 Å². The molecule has 2 aromatic heterocycles. The van der Waals surface area contributed by atoms with Crippen LogP contribution in [0.15, 0.2) is 42.6 Å². The van der Waals surface area contributed by atoms with E-state index in [1.807, 2.05) is 0 Å². The van der Waals surface area contributed by atoms with Crippen LogP contribution >= 0.6 is 23.2 Å². The number of hydrogen-bond donors (Lipinski definition) is 2. The zero-order chi connectivity index (χ0) is 24.4. The highest BCUT2D eigenvalue weighted by atomic mass is 35.5. The smallest absolute Gasteiger partial charge is 0.255 e. The molecule has 34 heavy (non-hydrogen) atoms. The predicted octanol–water partition coefficient (Wildman–Crippen LogP) is 3.05. The number of aliphatic hydroxyl groups is 1. The van der Waals surface area contributed by atoms with Crippen LogP contribution in [-0.2, 0) is 11.3 Å². The van der Waals surface area contributed by atoms with Gasteiger partial charge in [-0.2, -0.15) is 0 Å². The van der Waals surface area contributed by atoms with E-state index in [1.54, 1.807) is 43.3 Å². The van der Waals surface area contributed by atoms with Gasteiger partial charge in [-0.1, -0.05) is 29.8 Å². The first-order valence-corrected chi connectivity index (χ1v) is 11.1. The molecular weight excluding hydrogens is 481 g/mol. The Hall–Kier alpha value is -3.27. The number of hydrogen-bond acceptors (Lipinski definition) is 7. The summed E-state index contributed by atoms with van der Waals surface area (Å²) in [6, 6.07) is 8.87. The molecule has 9 nitrogen and oxygen atoms in total. The van der Waals surface area contributed by atoms with Crippen LogP contribution in [-0.4, -0.2) is 56.5 Å². The summed E-state index contributed by atoms with van der Waals surface area (Å²) in [6.45, 7) is 1.40. The Bertz CT molecular complexity index is 1260. The summed E-state index contributed by atoms with van der Waals surface area (Å²) in [6.07, 6.45) is 1.39. The summed E-state index contributed by atoms with van der Waals surface area (Å²) in [7, 11) is 1.51. The number of rotatable bonds is 7. The maximum Gasteiger partial charge on any atom is 0.255 e. The molecule has 0 aliphatic carbocycles. The molecule has 0 unspecified atom stereocenters. The van der Waals surface area contributed by atoms with Gasteiger partial charge >= 0.3 is 0 Å². The predicted molar refractivity (Wildman–Crippen MR) is 126 cm³/mol. The lowest BCUT2D eigenvalue weighted by Crippen LogP contribution is -2.49. The van der Waals surface area contributed by atoms with E-state index in [-0.39, 0.29) is 17.7 Å². The third-order valence-electron chi connectivity index (χ3n) is 5.54. The van der Waals surface area contributed by atoms with Gasteiger partial charge < -0.3 is 20.1 Å². The standard InChI is InChI=1S/C23H21Cl2N5O4/c1-12(17-4-3-5-19(28-17)34-2)27-21(32)18(11-31)30-10-14-7-6-13(8-15(14)22(30)33)20-16(24)9-26-23(25)29-20/h3-9,12,18,31H,10-11H2,1-2H3,(H,27,32)/t12-,18-/m1/s1. The van der Waals surface area contributed by atoms with Crippen molar-refractivity contribution in [2.45, 2.75) is 25.6 Å². The molecular formula is C23H21Cl2N5O4. The molecule has 0 radical (unpaired) electrons. The minimum absolute atomic E-state index is 0.0320. The number of aromatic nitrogens is 3. The quantitative estimate of drug-likeness (QED) is 0.477. The van der Waals surface area contributed by atoms with Gasteiger partial charge in [-0.25, -0.2) is 15.0 Å². The summed E-state index contributed by atoms with van der Waals surface area (Å²) < 4.78 is 5.13. The lowest BCUT2D eigenvalue weighted by Gasteiger charge is -2.26. The van der Waals surface area contributed by atoms with Crippen LogP contribution in [0.4, 0.5) is 0 Å². The topological polar surface area (TPSA) is 118 Å². The molecule has 176 valence electrons. The van der Waals surface area contributed by atoms with Crippen LogP contribution in [0.25, 0.3) is 11.3 Å². The van der Waals surface area contributed by atoms with Gasteiger partial charge in [0.15, 0.2) is 0 Å². The van der Waals surface area contributed by atoms with E-state index in [4.69, 9.17) is 27.9 Å². The van der Waals surface area contributed by atoms with E-state index in [1.165, 1.54) is 18.2 Å². The average molecular weight is 502 g/mol. The fourth-order valence-electron chi connectivity index (χ4n) is 3.76. The van der Waals surface area contributed by atoms with Crippen molar-refractivity contribution in [3.05, 3.63) is 69.7 Å². The summed E-state index contributed by atoms with van der Waals surface area (Å²) >= 11 is 12.1. The Morgan fingerprint density at radius 1 is 1.26 bits per heavy atom. The third kappa shape index (κ3) is 4.68. The van der Waals surface area contributed by atoms with Gasteiger partial charge in [-0.3, -0.25) is 9.59 Å². The highest BCUT2D eigenvalue weighted by molar-refractivity contribution is 6.33. The van der Waals surface area contributed by atoms with Crippen LogP contribution in [0.3, 0.4) is 0 Å². The van der Waals surface area contributed by atoms with E-state index in [0.29, 0.717) is 33.4 Å². The van der Waals surface area contributed by atoms with Crippen molar-refractivity contribution in [3.63, 3.8) is 0 Å². The molecule has 0 fully saturated rings. The minimum Gasteiger partial charge on any atom is -0.481 e. The summed E-state index contributed by atoms with van der Waals surface area (Å²) in [5, 5.41) is 13.1. The Morgan fingerprint density at radius 3 is 2.79 bits per heavy atom. The number of amides is 2. The van der Waals surface area contributed by atoms with Crippen molar-refractivity contribution in [1.29, 1.82) is 0 Å². The number of methoxy groups -OCH3 is 1. The lowest BCUT2D eigenvalue weighted by molar-refractivity contribution is -0.127. The third-order valence-corrected chi connectivity index (χ3v) is 6.00. The van der Waals surface area contributed by atoms with E-state index in [2.05, 4.69) is 20.3 Å². The molecule has 1 aliphatic rings. The number of carbonyl (C=O) groups excluding carboxylic acids is 2. The average Bonchev–Trinajstić information content (AvgIpc) is 3.16. The molecule has 1 aliphatic heterocycles. The van der Waals surface area contributed by atoms with Gasteiger partial charge in [0.2, 0.25) is 17.1 Å². The minimum atomic E-state index is -1.08. The number of nitrogens with zero attached hydrogens (tertiary/aromatic N) is 4. The van der Waals surface area contributed by atoms with Crippen molar-refractivity contribution >= 4 is 35.0 Å². The molecule has 0 bridgehead atoms. The van der Waals surface area contributed by atoms with Crippen molar-refractivity contribution < 1.29 is 19.4 Å². The van der Waals surface area contributed by atoms with E-state index in [0.717, 1.165) is 5.56 Å². The molecule has 1 aromatic carbocycles. The number of halogens is 2. The zero-order valence-electron chi connectivity index (χ0n) is 18.3. The number of benzene rings is 1. The molecule has 0 spiro atoms. The maximum absolute atomic E-state index is 13.2. The van der Waals surface area contributed by atoms with Crippen LogP contribution in [0.1, 0.15) is 34.6 Å². The number of pyridine rings is 1. The maximum atomic E-state index is 13.2. The van der Waals surface area contributed by atoms with Crippen LogP contribution in [0.5, 0.6) is 5.88 Å². The first-order chi connectivity index (χ1) is 16.3. The van der Waals surface area contributed by atoms with Crippen molar-refractivity contribution in [2.75, 3.05) is 13.7 Å². The van der Waals surface area contributed by atoms with Crippen molar-refractivity contribution in [3.8, 4) is 17.1 Å². The first kappa shape index (κ1) is 23.9. The Labute approximate surface area is 205 Å². The van der Waals surface area contributed by atoms with Crippen LogP contribution in [0, 0.1) is 0 Å². The van der Waals surface area contributed by atoms with Gasteiger partial charge in [-0.05, 0) is 36.2 Å². The second-order valence-corrected chi connectivity index (χ2v) is 8.42. The summed E-state index contributed by atoms with van der Waals surface area (Å²) in [4.78, 5) is 39.8. The van der Waals surface area contributed by atoms with E-state index >= 15 is 0 Å². The fourth-order valence-corrected chi connectivity index (χ4v) is 4.10. The molecule has 0 saturated carbocycles. The summed E-state index contributed by atoms with van der Waals surface area (Å²) in [5.74, 6) is -0.454. The second-order valence-electron chi connectivity index (χ2n) is 7.67. The molecule has 2 N–H and O–H groups in total. The number of carbonyl (C=O) groups is 2. The van der Waals surface area contributed by atoms with Crippen LogP contribution in [0.2, 0.25) is 10.3 Å². The Balaban J connectivity index is 1.54. The lowest BCUT2D eigenvalue weighted by atomic mass is 10.0. The highest BCUT2D eigenvalue weighted by Gasteiger charge is 2.37. The molecule has 3 heterocycles. The van der Waals surface area contributed by atoms with Crippen molar-refractivity contribution in [2.24, 2.45) is 0 Å². The van der Waals surface area contributed by atoms with E-state index in [9.17, 15) is 14.7 Å². The Morgan fingerprint density at radius 2 is 2.06 bits per heavy atom. The van der Waals surface area contributed by atoms with Gasteiger partial charge in [0.25, 0.3) is 5.91 Å². The number of nitrogens with one attached hydrogen (secondary N) is 1. The molecule has 0 saturated heterocycles. The van der Waals surface area contributed by atoms with Gasteiger partial charge in [0, 0.05) is 23.7 Å². The van der Waals surface area contributed by atoms with Crippen molar-refractivity contribution in [1.82, 2.24) is 25.2 Å². The van der Waals surface area contributed by atoms with Crippen LogP contribution < -0.4 is 10.1 Å². The zero-order valence-corrected chi connectivity index (χ0v) is 19.8. The first-order valence-electron chi connectivity index (χ1n) is 10.4. The largest absolute Gasteiger partial charge is 0.481 e. The van der Waals surface area contributed by atoms with Gasteiger partial charge in [-0.15, -0.1) is 0 Å². The normalized spacial score (nSPS) is 14.5. The van der Waals surface area contributed by atoms with Gasteiger partial charge in [0.1, 0.15) is 6.04 Å². The fraction of sp³-hybridized carbons (Fsp3) is 0.261. The number of fused-ring (bicyclic) bond motifs is 1. The molecule has 2 atom stereocenters. The monoisotopic (exact) mass is 501 g/mol.